The van der Waals surface area contributed by atoms with E-state index in [2.05, 4.69) is 77.0 Å². The lowest BCUT2D eigenvalue weighted by molar-refractivity contribution is -0.143. The molecule has 5 heteroatoms. The molecule has 0 amide bonds. The molecule has 0 spiro atoms. The van der Waals surface area contributed by atoms with E-state index in [0.29, 0.717) is 19.3 Å². The van der Waals surface area contributed by atoms with Gasteiger partial charge in [0.2, 0.25) is 0 Å². The molecule has 0 fully saturated rings. The maximum Gasteiger partial charge on any atom is 0.335 e. The summed E-state index contributed by atoms with van der Waals surface area (Å²) in [5.74, 6) is -0.0411. The number of aromatic nitrogens is 2. The van der Waals surface area contributed by atoms with Crippen molar-refractivity contribution in [1.82, 2.24) is 10.2 Å². The smallest absolute Gasteiger partial charge is 0.318 e. The fourth-order valence-corrected chi connectivity index (χ4v) is 4.72. The van der Waals surface area contributed by atoms with Gasteiger partial charge in [0.25, 0.3) is 0 Å². The SMILES string of the molecule is CCCC(=O)O/N=C1\CC(c2ccccc2)Cc2[nH]nc(Cc3cccc4ccccc34)c21. The highest BCUT2D eigenvalue weighted by molar-refractivity contribution is 6.04. The van der Waals surface area contributed by atoms with Gasteiger partial charge in [0.15, 0.2) is 0 Å². The third-order valence-electron chi connectivity index (χ3n) is 6.32. The zero-order chi connectivity index (χ0) is 22.6. The fraction of sp³-hybridized carbons (Fsp3) is 0.250. The molecule has 33 heavy (non-hydrogen) atoms. The lowest BCUT2D eigenvalue weighted by Gasteiger charge is -2.24. The first-order valence-corrected chi connectivity index (χ1v) is 11.6. The first-order chi connectivity index (χ1) is 16.2. The van der Waals surface area contributed by atoms with E-state index in [1.165, 1.54) is 21.9 Å². The van der Waals surface area contributed by atoms with Crippen LogP contribution in [0.5, 0.6) is 0 Å². The quantitative estimate of drug-likeness (QED) is 0.300. The molecule has 1 N–H and O–H groups in total. The molecule has 1 heterocycles. The summed E-state index contributed by atoms with van der Waals surface area (Å²) in [5, 5.41) is 14.8. The highest BCUT2D eigenvalue weighted by Crippen LogP contribution is 2.35. The summed E-state index contributed by atoms with van der Waals surface area (Å²) in [4.78, 5) is 17.4. The number of hydrogen-bond acceptors (Lipinski definition) is 4. The second-order valence-corrected chi connectivity index (χ2v) is 8.61. The lowest BCUT2D eigenvalue weighted by Crippen LogP contribution is -2.21. The zero-order valence-corrected chi connectivity index (χ0v) is 18.8. The van der Waals surface area contributed by atoms with Crippen molar-refractivity contribution in [1.29, 1.82) is 0 Å². The number of oxime groups is 1. The van der Waals surface area contributed by atoms with Crippen LogP contribution in [0.1, 0.15) is 60.2 Å². The number of hydrogen-bond donors (Lipinski definition) is 1. The van der Waals surface area contributed by atoms with Gasteiger partial charge in [-0.05, 0) is 40.7 Å². The largest absolute Gasteiger partial charge is 0.335 e. The highest BCUT2D eigenvalue weighted by Gasteiger charge is 2.30. The van der Waals surface area contributed by atoms with Crippen molar-refractivity contribution in [2.75, 3.05) is 0 Å². The van der Waals surface area contributed by atoms with E-state index < -0.39 is 0 Å². The number of H-pyrrole nitrogens is 1. The number of rotatable bonds is 6. The van der Waals surface area contributed by atoms with E-state index in [0.717, 1.165) is 35.5 Å². The Hall–Kier alpha value is -3.73. The van der Waals surface area contributed by atoms with Crippen LogP contribution in [0.15, 0.2) is 78.0 Å². The fourth-order valence-electron chi connectivity index (χ4n) is 4.72. The molecule has 3 aromatic carbocycles. The summed E-state index contributed by atoms with van der Waals surface area (Å²) in [6.07, 6.45) is 3.34. The summed E-state index contributed by atoms with van der Waals surface area (Å²) in [7, 11) is 0. The van der Waals surface area contributed by atoms with Crippen molar-refractivity contribution < 1.29 is 9.63 Å². The van der Waals surface area contributed by atoms with Crippen LogP contribution in [0.4, 0.5) is 0 Å². The minimum Gasteiger partial charge on any atom is -0.318 e. The van der Waals surface area contributed by atoms with E-state index in [1.54, 1.807) is 0 Å². The standard InChI is InChI=1S/C28H27N3O2/c1-2-9-27(32)33-31-26-18-22(19-10-4-3-5-11-19)17-25-28(26)24(29-30-25)16-21-14-8-13-20-12-6-7-15-23(20)21/h3-8,10-15,22H,2,9,16-18H2,1H3,(H,29,30)/b31-26+. The van der Waals surface area contributed by atoms with E-state index in [9.17, 15) is 4.79 Å². The zero-order valence-electron chi connectivity index (χ0n) is 18.8. The lowest BCUT2D eigenvalue weighted by atomic mass is 9.80. The van der Waals surface area contributed by atoms with Gasteiger partial charge in [-0.1, -0.05) is 84.9 Å². The van der Waals surface area contributed by atoms with Crippen molar-refractivity contribution in [3.63, 3.8) is 0 Å². The molecule has 0 aliphatic heterocycles. The molecular weight excluding hydrogens is 410 g/mol. The monoisotopic (exact) mass is 437 g/mol. The molecule has 1 aliphatic rings. The molecule has 1 aromatic heterocycles. The number of benzene rings is 3. The number of carbonyl (C=O) groups is 1. The van der Waals surface area contributed by atoms with Gasteiger partial charge in [0.05, 0.1) is 11.4 Å². The Labute approximate surface area is 193 Å². The third-order valence-corrected chi connectivity index (χ3v) is 6.32. The Morgan fingerprint density at radius 1 is 1.03 bits per heavy atom. The van der Waals surface area contributed by atoms with Crippen LogP contribution in [-0.4, -0.2) is 21.9 Å². The van der Waals surface area contributed by atoms with E-state index in [4.69, 9.17) is 9.94 Å². The number of nitrogens with zero attached hydrogens (tertiary/aromatic N) is 2. The second kappa shape index (κ2) is 9.41. The van der Waals surface area contributed by atoms with Crippen LogP contribution in [-0.2, 0) is 22.5 Å². The summed E-state index contributed by atoms with van der Waals surface area (Å²) >= 11 is 0. The first-order valence-electron chi connectivity index (χ1n) is 11.6. The maximum atomic E-state index is 12.1. The summed E-state index contributed by atoms with van der Waals surface area (Å²) in [6.45, 7) is 1.96. The number of aromatic amines is 1. The average Bonchev–Trinajstić information content (AvgIpc) is 3.26. The van der Waals surface area contributed by atoms with Crippen LogP contribution in [0.3, 0.4) is 0 Å². The Kier molecular flexibility index (Phi) is 6.03. The molecule has 5 rings (SSSR count). The van der Waals surface area contributed by atoms with Gasteiger partial charge in [0.1, 0.15) is 0 Å². The van der Waals surface area contributed by atoms with Gasteiger partial charge in [-0.25, -0.2) is 4.79 Å². The number of fused-ring (bicyclic) bond motifs is 2. The minimum absolute atomic E-state index is 0.258. The Morgan fingerprint density at radius 2 is 1.82 bits per heavy atom. The van der Waals surface area contributed by atoms with Gasteiger partial charge < -0.3 is 4.84 Å². The molecule has 4 aromatic rings. The molecule has 1 aliphatic carbocycles. The van der Waals surface area contributed by atoms with Crippen molar-refractivity contribution >= 4 is 22.5 Å². The van der Waals surface area contributed by atoms with Gasteiger partial charge in [-0.3, -0.25) is 5.10 Å². The topological polar surface area (TPSA) is 67.3 Å². The van der Waals surface area contributed by atoms with Gasteiger partial charge >= 0.3 is 5.97 Å². The van der Waals surface area contributed by atoms with E-state index >= 15 is 0 Å². The molecule has 166 valence electrons. The summed E-state index contributed by atoms with van der Waals surface area (Å²) < 4.78 is 0. The second-order valence-electron chi connectivity index (χ2n) is 8.61. The normalized spacial score (nSPS) is 16.6. The minimum atomic E-state index is -0.299. The van der Waals surface area contributed by atoms with Crippen molar-refractivity contribution in [3.8, 4) is 0 Å². The Bertz CT molecular complexity index is 1300. The Balaban J connectivity index is 1.52. The highest BCUT2D eigenvalue weighted by atomic mass is 16.7. The van der Waals surface area contributed by atoms with E-state index in [1.807, 2.05) is 13.0 Å². The van der Waals surface area contributed by atoms with Crippen LogP contribution < -0.4 is 0 Å². The van der Waals surface area contributed by atoms with Crippen LogP contribution in [0.25, 0.3) is 10.8 Å². The van der Waals surface area contributed by atoms with Crippen LogP contribution >= 0.6 is 0 Å². The van der Waals surface area contributed by atoms with Crippen molar-refractivity contribution in [2.24, 2.45) is 5.16 Å². The third kappa shape index (κ3) is 4.44. The molecule has 0 radical (unpaired) electrons. The molecule has 0 saturated heterocycles. The van der Waals surface area contributed by atoms with Crippen molar-refractivity contribution in [2.45, 2.75) is 44.9 Å². The number of nitrogens with one attached hydrogen (secondary N) is 1. The molecule has 1 unspecified atom stereocenters. The molecule has 5 nitrogen and oxygen atoms in total. The van der Waals surface area contributed by atoms with Gasteiger partial charge in [0, 0.05) is 30.5 Å². The summed E-state index contributed by atoms with van der Waals surface area (Å²) in [5.41, 5.74) is 6.25. The van der Waals surface area contributed by atoms with Crippen LogP contribution in [0, 0.1) is 0 Å². The van der Waals surface area contributed by atoms with Crippen LogP contribution in [0.2, 0.25) is 0 Å². The van der Waals surface area contributed by atoms with E-state index in [-0.39, 0.29) is 11.9 Å². The van der Waals surface area contributed by atoms with Gasteiger partial charge in [-0.15, -0.1) is 0 Å². The first kappa shape index (κ1) is 21.1. The van der Waals surface area contributed by atoms with Crippen molar-refractivity contribution in [3.05, 3.63) is 101 Å². The molecule has 0 saturated carbocycles. The predicted octanol–water partition coefficient (Wildman–Crippen LogP) is 5.93. The molecule has 0 bridgehead atoms. The van der Waals surface area contributed by atoms with Gasteiger partial charge in [-0.2, -0.15) is 5.10 Å². The predicted molar refractivity (Wildman–Crippen MR) is 130 cm³/mol. The Morgan fingerprint density at radius 3 is 2.67 bits per heavy atom. The number of carbonyl (C=O) groups excluding carboxylic acids is 1. The molecule has 1 atom stereocenters. The maximum absolute atomic E-state index is 12.1. The average molecular weight is 438 g/mol. The summed E-state index contributed by atoms with van der Waals surface area (Å²) in [6, 6.07) is 25.2. The molecular formula is C28H27N3O2.